The van der Waals surface area contributed by atoms with Gasteiger partial charge in [0.25, 0.3) is 0 Å². The molecule has 1 aromatic carbocycles. The van der Waals surface area contributed by atoms with Crippen LogP contribution in [-0.4, -0.2) is 32.1 Å². The molecule has 3 nitrogen and oxygen atoms in total. The highest BCUT2D eigenvalue weighted by molar-refractivity contribution is 5.55. The van der Waals surface area contributed by atoms with E-state index in [1.165, 1.54) is 18.5 Å². The van der Waals surface area contributed by atoms with Crippen molar-refractivity contribution in [2.24, 2.45) is 4.99 Å². The highest BCUT2D eigenvalue weighted by Crippen LogP contribution is 2.32. The molecule has 1 unspecified atom stereocenters. The van der Waals surface area contributed by atoms with Crippen molar-refractivity contribution in [3.8, 4) is 0 Å². The molecular weight excluding hydrogens is 269 g/mol. The molecule has 0 aliphatic carbocycles. The minimum atomic E-state index is -4.30. The maximum atomic E-state index is 12.7. The quantitative estimate of drug-likeness (QED) is 0.848. The van der Waals surface area contributed by atoms with Crippen LogP contribution in [-0.2, 0) is 10.9 Å². The minimum absolute atomic E-state index is 0.0386. The van der Waals surface area contributed by atoms with Gasteiger partial charge in [-0.05, 0) is 37.6 Å². The summed E-state index contributed by atoms with van der Waals surface area (Å²) in [6.07, 6.45) is -2.87. The average molecular weight is 286 g/mol. The van der Waals surface area contributed by atoms with Crippen molar-refractivity contribution in [2.75, 3.05) is 24.6 Å². The van der Waals surface area contributed by atoms with Crippen molar-refractivity contribution in [1.82, 2.24) is 0 Å². The fourth-order valence-corrected chi connectivity index (χ4v) is 2.26. The van der Waals surface area contributed by atoms with Crippen LogP contribution in [0.5, 0.6) is 0 Å². The van der Waals surface area contributed by atoms with Crippen molar-refractivity contribution in [1.29, 1.82) is 0 Å². The van der Waals surface area contributed by atoms with Gasteiger partial charge in [-0.1, -0.05) is 0 Å². The number of likely N-dealkylation sites (N-methyl/N-ethyl adjacent to an activating group) is 1. The summed E-state index contributed by atoms with van der Waals surface area (Å²) in [4.78, 5) is 6.19. The van der Waals surface area contributed by atoms with Gasteiger partial charge < -0.3 is 9.64 Å². The molecule has 110 valence electrons. The Morgan fingerprint density at radius 1 is 1.40 bits per heavy atom. The maximum Gasteiger partial charge on any atom is 0.416 e. The van der Waals surface area contributed by atoms with Crippen LogP contribution in [0.25, 0.3) is 0 Å². The number of benzene rings is 1. The van der Waals surface area contributed by atoms with Gasteiger partial charge in [0.2, 0.25) is 0 Å². The van der Waals surface area contributed by atoms with E-state index >= 15 is 0 Å². The van der Waals surface area contributed by atoms with Gasteiger partial charge >= 0.3 is 6.18 Å². The lowest BCUT2D eigenvalue weighted by Crippen LogP contribution is -2.32. The smallest absolute Gasteiger partial charge is 0.416 e. The Hall–Kier alpha value is -1.72. The van der Waals surface area contributed by atoms with E-state index in [-0.39, 0.29) is 6.04 Å². The highest BCUT2D eigenvalue weighted by Gasteiger charge is 2.31. The van der Waals surface area contributed by atoms with Crippen molar-refractivity contribution in [3.63, 3.8) is 0 Å². The number of alkyl halides is 3. The number of hydrogen-bond acceptors (Lipinski definition) is 3. The van der Waals surface area contributed by atoms with E-state index in [2.05, 4.69) is 4.99 Å². The third-order valence-electron chi connectivity index (χ3n) is 3.31. The number of halogens is 3. The lowest BCUT2D eigenvalue weighted by atomic mass is 10.1. The molecule has 6 heteroatoms. The first kappa shape index (κ1) is 14.7. The Morgan fingerprint density at radius 2 is 2.15 bits per heavy atom. The molecule has 0 saturated heterocycles. The third-order valence-corrected chi connectivity index (χ3v) is 3.31. The fourth-order valence-electron chi connectivity index (χ4n) is 2.26. The number of nitrogens with zero attached hydrogens (tertiary/aromatic N) is 2. The lowest BCUT2D eigenvalue weighted by Gasteiger charge is -2.27. The molecule has 1 heterocycles. The van der Waals surface area contributed by atoms with Crippen LogP contribution in [0.1, 0.15) is 18.1 Å². The van der Waals surface area contributed by atoms with Crippen LogP contribution in [0.3, 0.4) is 0 Å². The Balaban J connectivity index is 2.19. The first-order valence-electron chi connectivity index (χ1n) is 6.48. The first-order chi connectivity index (χ1) is 9.41. The first-order valence-corrected chi connectivity index (χ1v) is 6.48. The van der Waals surface area contributed by atoms with Crippen molar-refractivity contribution in [3.05, 3.63) is 29.3 Å². The van der Waals surface area contributed by atoms with Crippen LogP contribution in [0, 0.1) is 6.92 Å². The Morgan fingerprint density at radius 3 is 2.65 bits per heavy atom. The van der Waals surface area contributed by atoms with Crippen LogP contribution < -0.4 is 4.90 Å². The number of ether oxygens (including phenoxy) is 1. The van der Waals surface area contributed by atoms with Gasteiger partial charge in [0.1, 0.15) is 12.6 Å². The SMILES string of the molecule is CCN(CC1COC=N1)c1ccc(C(F)(F)F)cc1C. The molecule has 1 aromatic rings. The molecule has 1 atom stereocenters. The number of anilines is 1. The zero-order valence-electron chi connectivity index (χ0n) is 11.4. The van der Waals surface area contributed by atoms with Gasteiger partial charge in [-0.25, -0.2) is 4.99 Å². The van der Waals surface area contributed by atoms with E-state index in [1.54, 1.807) is 6.92 Å². The molecule has 0 radical (unpaired) electrons. The molecule has 0 spiro atoms. The summed E-state index contributed by atoms with van der Waals surface area (Å²) < 4.78 is 43.0. The molecule has 0 fully saturated rings. The zero-order valence-corrected chi connectivity index (χ0v) is 11.4. The van der Waals surface area contributed by atoms with Gasteiger partial charge in [0.05, 0.1) is 5.56 Å². The third kappa shape index (κ3) is 3.23. The monoisotopic (exact) mass is 286 g/mol. The molecule has 0 aromatic heterocycles. The van der Waals surface area contributed by atoms with E-state index in [0.717, 1.165) is 11.8 Å². The van der Waals surface area contributed by atoms with Crippen molar-refractivity contribution >= 4 is 12.1 Å². The summed E-state index contributed by atoms with van der Waals surface area (Å²) in [6, 6.07) is 3.88. The molecule has 1 aliphatic rings. The molecule has 20 heavy (non-hydrogen) atoms. The fraction of sp³-hybridized carbons (Fsp3) is 0.500. The summed E-state index contributed by atoms with van der Waals surface area (Å²) in [6.45, 7) is 5.53. The summed E-state index contributed by atoms with van der Waals surface area (Å²) in [5.74, 6) is 0. The largest absolute Gasteiger partial charge is 0.481 e. The van der Waals surface area contributed by atoms with Crippen molar-refractivity contribution < 1.29 is 17.9 Å². The topological polar surface area (TPSA) is 24.8 Å². The van der Waals surface area contributed by atoms with Gasteiger partial charge in [-0.15, -0.1) is 0 Å². The predicted octanol–water partition coefficient (Wildman–Crippen LogP) is 3.27. The predicted molar refractivity (Wildman–Crippen MR) is 72.3 cm³/mol. The minimum Gasteiger partial charge on any atom is -0.481 e. The maximum absolute atomic E-state index is 12.7. The molecule has 0 bridgehead atoms. The standard InChI is InChI=1S/C14H17F3N2O/c1-3-19(7-12-8-20-9-18-12)13-5-4-11(6-10(13)2)14(15,16)17/h4-6,9,12H,3,7-8H2,1-2H3. The lowest BCUT2D eigenvalue weighted by molar-refractivity contribution is -0.137. The van der Waals surface area contributed by atoms with E-state index in [0.29, 0.717) is 25.3 Å². The number of rotatable bonds is 4. The second-order valence-electron chi connectivity index (χ2n) is 4.78. The van der Waals surface area contributed by atoms with Crippen LogP contribution >= 0.6 is 0 Å². The second-order valence-corrected chi connectivity index (χ2v) is 4.78. The molecule has 0 amide bonds. The molecule has 0 N–H and O–H groups in total. The van der Waals surface area contributed by atoms with Gasteiger partial charge in [-0.3, -0.25) is 0 Å². The summed E-state index contributed by atoms with van der Waals surface area (Å²) in [5.41, 5.74) is 0.809. The molecule has 1 aliphatic heterocycles. The van der Waals surface area contributed by atoms with Crippen LogP contribution in [0.15, 0.2) is 23.2 Å². The Kier molecular flexibility index (Phi) is 4.20. The number of hydrogen-bond donors (Lipinski definition) is 0. The molecule has 2 rings (SSSR count). The van der Waals surface area contributed by atoms with Gasteiger partial charge in [0.15, 0.2) is 6.40 Å². The zero-order chi connectivity index (χ0) is 14.8. The molecular formula is C14H17F3N2O. The van der Waals surface area contributed by atoms with E-state index < -0.39 is 11.7 Å². The van der Waals surface area contributed by atoms with E-state index in [9.17, 15) is 13.2 Å². The number of aliphatic imine (C=N–C) groups is 1. The van der Waals surface area contributed by atoms with Gasteiger partial charge in [-0.2, -0.15) is 13.2 Å². The van der Waals surface area contributed by atoms with E-state index in [4.69, 9.17) is 4.74 Å². The average Bonchev–Trinajstić information content (AvgIpc) is 2.88. The Bertz CT molecular complexity index is 500. The highest BCUT2D eigenvalue weighted by atomic mass is 19.4. The van der Waals surface area contributed by atoms with Gasteiger partial charge in [0, 0.05) is 18.8 Å². The summed E-state index contributed by atoms with van der Waals surface area (Å²) >= 11 is 0. The Labute approximate surface area is 116 Å². The van der Waals surface area contributed by atoms with Crippen LogP contribution in [0.2, 0.25) is 0 Å². The second kappa shape index (κ2) is 5.73. The van der Waals surface area contributed by atoms with Crippen molar-refractivity contribution in [2.45, 2.75) is 26.1 Å². The normalized spacial score (nSPS) is 18.1. The van der Waals surface area contributed by atoms with E-state index in [1.807, 2.05) is 11.8 Å². The summed E-state index contributed by atoms with van der Waals surface area (Å²) in [5, 5.41) is 0. The summed E-state index contributed by atoms with van der Waals surface area (Å²) in [7, 11) is 0. The number of aryl methyl sites for hydroxylation is 1. The van der Waals surface area contributed by atoms with Crippen LogP contribution in [0.4, 0.5) is 18.9 Å². The molecule has 0 saturated carbocycles.